The summed E-state index contributed by atoms with van der Waals surface area (Å²) in [5.74, 6) is -0.751. The minimum Gasteiger partial charge on any atom is -0.493 e. The summed E-state index contributed by atoms with van der Waals surface area (Å²) in [5, 5.41) is 6.95. The number of esters is 1. The molecule has 0 aliphatic carbocycles. The van der Waals surface area contributed by atoms with Gasteiger partial charge in [0.2, 0.25) is 5.96 Å². The number of hydrazine groups is 1. The Morgan fingerprint density at radius 3 is 2.46 bits per heavy atom. The molecular weight excluding hydrogens is 336 g/mol. The molecule has 8 heteroatoms. The maximum Gasteiger partial charge on any atom is 0.343 e. The number of carbonyl (C=O) groups is 2. The molecule has 0 aliphatic heterocycles. The number of hydrogen-bond acceptors (Lipinski definition) is 5. The van der Waals surface area contributed by atoms with E-state index in [-0.39, 0.29) is 11.7 Å². The molecule has 0 bridgehead atoms. The van der Waals surface area contributed by atoms with Crippen LogP contribution in [0.15, 0.2) is 54.6 Å². The highest BCUT2D eigenvalue weighted by Gasteiger charge is 2.12. The molecule has 26 heavy (non-hydrogen) atoms. The van der Waals surface area contributed by atoms with Crippen molar-refractivity contribution >= 4 is 23.9 Å². The lowest BCUT2D eigenvalue weighted by Crippen LogP contribution is -2.44. The fraction of sp³-hybridized carbons (Fsp3) is 0.0556. The van der Waals surface area contributed by atoms with Gasteiger partial charge in [0.15, 0.2) is 11.5 Å². The molecule has 2 rings (SSSR count). The summed E-state index contributed by atoms with van der Waals surface area (Å²) in [6.07, 6.45) is 2.78. The topological polar surface area (TPSA) is 127 Å². The molecule has 0 spiro atoms. The van der Waals surface area contributed by atoms with Crippen molar-refractivity contribution in [2.45, 2.75) is 0 Å². The van der Waals surface area contributed by atoms with Gasteiger partial charge in [0.05, 0.1) is 12.7 Å². The third-order valence-corrected chi connectivity index (χ3v) is 3.15. The molecular formula is C18H18N4O4. The van der Waals surface area contributed by atoms with Gasteiger partial charge in [-0.3, -0.25) is 21.1 Å². The van der Waals surface area contributed by atoms with E-state index in [2.05, 4.69) is 10.9 Å². The number of hydrogen-bond donors (Lipinski definition) is 4. The summed E-state index contributed by atoms with van der Waals surface area (Å²) in [4.78, 5) is 23.7. The average Bonchev–Trinajstić information content (AvgIpc) is 2.66. The maximum atomic E-state index is 12.1. The molecule has 0 unspecified atom stereocenters. The number of methoxy groups -OCH3 is 1. The molecule has 0 aliphatic rings. The van der Waals surface area contributed by atoms with E-state index in [1.165, 1.54) is 19.3 Å². The fourth-order valence-corrected chi connectivity index (χ4v) is 1.95. The van der Waals surface area contributed by atoms with E-state index in [9.17, 15) is 9.59 Å². The second-order valence-electron chi connectivity index (χ2n) is 5.03. The summed E-state index contributed by atoms with van der Waals surface area (Å²) < 4.78 is 10.6. The predicted molar refractivity (Wildman–Crippen MR) is 96.6 cm³/mol. The van der Waals surface area contributed by atoms with Crippen LogP contribution < -0.4 is 26.1 Å². The number of rotatable bonds is 5. The van der Waals surface area contributed by atoms with Crippen LogP contribution >= 0.6 is 0 Å². The van der Waals surface area contributed by atoms with Gasteiger partial charge >= 0.3 is 5.97 Å². The van der Waals surface area contributed by atoms with Crippen molar-refractivity contribution in [2.24, 2.45) is 5.73 Å². The molecule has 0 radical (unpaired) electrons. The zero-order chi connectivity index (χ0) is 18.9. The predicted octanol–water partition coefficient (Wildman–Crippen LogP) is 1.44. The van der Waals surface area contributed by atoms with Crippen LogP contribution in [0, 0.1) is 5.41 Å². The number of ether oxygens (including phenoxy) is 2. The molecule has 1 amide bonds. The number of nitrogens with two attached hydrogens (primary N) is 1. The third-order valence-electron chi connectivity index (χ3n) is 3.15. The number of amides is 1. The first kappa shape index (κ1) is 18.5. The smallest absolute Gasteiger partial charge is 0.343 e. The van der Waals surface area contributed by atoms with E-state index >= 15 is 0 Å². The first-order valence-corrected chi connectivity index (χ1v) is 7.53. The number of nitrogens with one attached hydrogen (secondary N) is 3. The van der Waals surface area contributed by atoms with Gasteiger partial charge in [0, 0.05) is 6.08 Å². The molecule has 5 N–H and O–H groups in total. The first-order valence-electron chi connectivity index (χ1n) is 7.53. The van der Waals surface area contributed by atoms with Gasteiger partial charge in [-0.15, -0.1) is 0 Å². The van der Waals surface area contributed by atoms with E-state index in [1.54, 1.807) is 48.5 Å². The summed E-state index contributed by atoms with van der Waals surface area (Å²) in [7, 11) is 1.45. The normalized spacial score (nSPS) is 10.2. The molecule has 0 aromatic heterocycles. The van der Waals surface area contributed by atoms with E-state index in [0.717, 1.165) is 0 Å². The van der Waals surface area contributed by atoms with E-state index in [0.29, 0.717) is 16.9 Å². The SMILES string of the molecule is COc1cc(/C=C/C(=O)NNC(=N)N)ccc1OC(=O)c1ccccc1. The Balaban J connectivity index is 2.08. The number of guanidine groups is 1. The van der Waals surface area contributed by atoms with Gasteiger partial charge in [0.1, 0.15) is 0 Å². The van der Waals surface area contributed by atoms with Gasteiger partial charge in [0.25, 0.3) is 5.91 Å². The molecule has 0 heterocycles. The van der Waals surface area contributed by atoms with Crippen molar-refractivity contribution in [1.29, 1.82) is 5.41 Å². The van der Waals surface area contributed by atoms with Crippen LogP contribution in [-0.4, -0.2) is 24.9 Å². The third kappa shape index (κ3) is 5.38. The Labute approximate surface area is 150 Å². The van der Waals surface area contributed by atoms with E-state index in [1.807, 2.05) is 0 Å². The zero-order valence-electron chi connectivity index (χ0n) is 14.0. The molecule has 0 fully saturated rings. The van der Waals surface area contributed by atoms with Gasteiger partial charge < -0.3 is 15.2 Å². The summed E-state index contributed by atoms with van der Waals surface area (Å²) in [6.45, 7) is 0. The van der Waals surface area contributed by atoms with Crippen molar-refractivity contribution in [3.63, 3.8) is 0 Å². The standard InChI is InChI=1S/C18H18N4O4/c1-25-15-11-12(8-10-16(23)21-22-18(19)20)7-9-14(15)26-17(24)13-5-3-2-4-6-13/h2-11H,1H3,(H,21,23)(H4,19,20,22)/b10-8+. The Morgan fingerprint density at radius 2 is 1.81 bits per heavy atom. The highest BCUT2D eigenvalue weighted by molar-refractivity contribution is 5.93. The molecule has 0 saturated heterocycles. The van der Waals surface area contributed by atoms with Crippen molar-refractivity contribution in [2.75, 3.05) is 7.11 Å². The van der Waals surface area contributed by atoms with Crippen molar-refractivity contribution in [3.8, 4) is 11.5 Å². The van der Waals surface area contributed by atoms with Crippen LogP contribution in [0.2, 0.25) is 0 Å². The molecule has 2 aromatic carbocycles. The second kappa shape index (κ2) is 8.88. The second-order valence-corrected chi connectivity index (χ2v) is 5.03. The lowest BCUT2D eigenvalue weighted by Gasteiger charge is -2.10. The molecule has 8 nitrogen and oxygen atoms in total. The lowest BCUT2D eigenvalue weighted by molar-refractivity contribution is -0.117. The minimum absolute atomic E-state index is 0.265. The van der Waals surface area contributed by atoms with Gasteiger partial charge in [-0.05, 0) is 35.9 Å². The monoisotopic (exact) mass is 354 g/mol. The lowest BCUT2D eigenvalue weighted by atomic mass is 10.2. The van der Waals surface area contributed by atoms with Gasteiger partial charge in [-0.1, -0.05) is 24.3 Å². The summed E-state index contributed by atoms with van der Waals surface area (Å²) in [6, 6.07) is 13.5. The van der Waals surface area contributed by atoms with Crippen molar-refractivity contribution in [3.05, 3.63) is 65.7 Å². The first-order chi connectivity index (χ1) is 12.5. The molecule has 0 saturated carbocycles. The van der Waals surface area contributed by atoms with Crippen LogP contribution in [0.4, 0.5) is 0 Å². The van der Waals surface area contributed by atoms with Crippen LogP contribution in [0.5, 0.6) is 11.5 Å². The van der Waals surface area contributed by atoms with Crippen LogP contribution in [0.25, 0.3) is 6.08 Å². The Morgan fingerprint density at radius 1 is 1.08 bits per heavy atom. The van der Waals surface area contributed by atoms with E-state index in [4.69, 9.17) is 20.6 Å². The van der Waals surface area contributed by atoms with Crippen LogP contribution in [0.1, 0.15) is 15.9 Å². The summed E-state index contributed by atoms with van der Waals surface area (Å²) in [5.41, 5.74) is 10.5. The molecule has 0 atom stereocenters. The fourth-order valence-electron chi connectivity index (χ4n) is 1.95. The summed E-state index contributed by atoms with van der Waals surface area (Å²) >= 11 is 0. The van der Waals surface area contributed by atoms with E-state index < -0.39 is 11.9 Å². The highest BCUT2D eigenvalue weighted by atomic mass is 16.6. The molecule has 134 valence electrons. The van der Waals surface area contributed by atoms with Crippen molar-refractivity contribution in [1.82, 2.24) is 10.9 Å². The quantitative estimate of drug-likeness (QED) is 0.161. The largest absolute Gasteiger partial charge is 0.493 e. The van der Waals surface area contributed by atoms with Crippen LogP contribution in [0.3, 0.4) is 0 Å². The van der Waals surface area contributed by atoms with Gasteiger partial charge in [-0.25, -0.2) is 4.79 Å². The highest BCUT2D eigenvalue weighted by Crippen LogP contribution is 2.29. The van der Waals surface area contributed by atoms with Crippen molar-refractivity contribution < 1.29 is 19.1 Å². The minimum atomic E-state index is -0.498. The average molecular weight is 354 g/mol. The Bertz CT molecular complexity index is 834. The van der Waals surface area contributed by atoms with Gasteiger partial charge in [-0.2, -0.15) is 0 Å². The Kier molecular flexibility index (Phi) is 6.33. The molecule has 2 aromatic rings. The number of benzene rings is 2. The maximum absolute atomic E-state index is 12.1. The van der Waals surface area contributed by atoms with Crippen LogP contribution in [-0.2, 0) is 4.79 Å². The Hall–Kier alpha value is -3.81. The zero-order valence-corrected chi connectivity index (χ0v) is 14.0. The number of carbonyl (C=O) groups excluding carboxylic acids is 2.